The Labute approximate surface area is 142 Å². The van der Waals surface area contributed by atoms with E-state index in [1.54, 1.807) is 0 Å². The fourth-order valence-corrected chi connectivity index (χ4v) is 4.02. The first-order valence-corrected chi connectivity index (χ1v) is 9.06. The highest BCUT2D eigenvalue weighted by Gasteiger charge is 2.43. The van der Waals surface area contributed by atoms with Crippen molar-refractivity contribution in [3.8, 4) is 0 Å². The molecule has 6 nitrogen and oxygen atoms in total. The number of carbonyl (C=O) groups excluding carboxylic acids is 1. The van der Waals surface area contributed by atoms with Crippen molar-refractivity contribution in [2.75, 3.05) is 26.2 Å². The zero-order valence-electron chi connectivity index (χ0n) is 14.3. The molecule has 132 valence electrons. The van der Waals surface area contributed by atoms with Gasteiger partial charge in [-0.15, -0.1) is 0 Å². The van der Waals surface area contributed by atoms with Crippen LogP contribution in [0.3, 0.4) is 0 Å². The molecule has 3 fully saturated rings. The molecular weight excluding hydrogens is 308 g/mol. The SMILES string of the molecule is Cc1ccc(CN2CC[C@@H]3C[C@@H](C(=O)N4CCCCO4)O[C@@H]3C2)o1. The van der Waals surface area contributed by atoms with Crippen LogP contribution in [0, 0.1) is 12.8 Å². The van der Waals surface area contributed by atoms with E-state index in [2.05, 4.69) is 4.90 Å². The molecule has 1 aromatic heterocycles. The number of rotatable bonds is 3. The van der Waals surface area contributed by atoms with Crippen molar-refractivity contribution in [2.45, 2.75) is 51.4 Å². The molecule has 24 heavy (non-hydrogen) atoms. The highest BCUT2D eigenvalue weighted by atomic mass is 16.7. The molecular formula is C18H26N2O4. The molecule has 4 heterocycles. The second-order valence-corrected chi connectivity index (χ2v) is 7.18. The molecule has 3 atom stereocenters. The van der Waals surface area contributed by atoms with Crippen LogP contribution >= 0.6 is 0 Å². The summed E-state index contributed by atoms with van der Waals surface area (Å²) in [6.45, 7) is 6.02. The fraction of sp³-hybridized carbons (Fsp3) is 0.722. The van der Waals surface area contributed by atoms with Gasteiger partial charge < -0.3 is 9.15 Å². The number of furan rings is 1. The number of amides is 1. The summed E-state index contributed by atoms with van der Waals surface area (Å²) < 4.78 is 11.8. The van der Waals surface area contributed by atoms with Gasteiger partial charge in [-0.25, -0.2) is 5.06 Å². The van der Waals surface area contributed by atoms with E-state index in [9.17, 15) is 4.79 Å². The quantitative estimate of drug-likeness (QED) is 0.847. The summed E-state index contributed by atoms with van der Waals surface area (Å²) in [6, 6.07) is 4.04. The number of piperidine rings is 1. The van der Waals surface area contributed by atoms with E-state index in [1.165, 1.54) is 5.06 Å². The Bertz CT molecular complexity index is 581. The second kappa shape index (κ2) is 6.86. The van der Waals surface area contributed by atoms with E-state index in [0.717, 1.165) is 56.8 Å². The van der Waals surface area contributed by atoms with Gasteiger partial charge in [-0.05, 0) is 57.2 Å². The molecule has 4 rings (SSSR count). The fourth-order valence-electron chi connectivity index (χ4n) is 4.02. The predicted octanol–water partition coefficient (Wildman–Crippen LogP) is 2.12. The zero-order valence-corrected chi connectivity index (χ0v) is 14.3. The van der Waals surface area contributed by atoms with Crippen LogP contribution in [0.25, 0.3) is 0 Å². The van der Waals surface area contributed by atoms with Gasteiger partial charge in [-0.1, -0.05) is 0 Å². The molecule has 3 saturated heterocycles. The van der Waals surface area contributed by atoms with Gasteiger partial charge in [0.05, 0.1) is 19.3 Å². The Morgan fingerprint density at radius 3 is 2.96 bits per heavy atom. The maximum absolute atomic E-state index is 12.6. The van der Waals surface area contributed by atoms with Gasteiger partial charge >= 0.3 is 0 Å². The summed E-state index contributed by atoms with van der Waals surface area (Å²) in [4.78, 5) is 20.4. The maximum atomic E-state index is 12.6. The molecule has 0 unspecified atom stereocenters. The summed E-state index contributed by atoms with van der Waals surface area (Å²) in [5.74, 6) is 2.44. The summed E-state index contributed by atoms with van der Waals surface area (Å²) in [5.41, 5.74) is 0. The van der Waals surface area contributed by atoms with Crippen LogP contribution in [-0.4, -0.2) is 54.3 Å². The lowest BCUT2D eigenvalue weighted by atomic mass is 9.91. The monoisotopic (exact) mass is 334 g/mol. The number of hydrogen-bond donors (Lipinski definition) is 0. The normalized spacial score (nSPS) is 31.2. The van der Waals surface area contributed by atoms with E-state index in [-0.39, 0.29) is 18.1 Å². The topological polar surface area (TPSA) is 55.2 Å². The van der Waals surface area contributed by atoms with Crippen molar-refractivity contribution in [3.05, 3.63) is 23.7 Å². The van der Waals surface area contributed by atoms with Crippen LogP contribution in [0.4, 0.5) is 0 Å². The molecule has 0 bridgehead atoms. The predicted molar refractivity (Wildman–Crippen MR) is 87.0 cm³/mol. The van der Waals surface area contributed by atoms with Crippen LogP contribution in [0.1, 0.15) is 37.2 Å². The van der Waals surface area contributed by atoms with Gasteiger partial charge in [0.1, 0.15) is 17.6 Å². The summed E-state index contributed by atoms with van der Waals surface area (Å²) >= 11 is 0. The number of fused-ring (bicyclic) bond motifs is 1. The van der Waals surface area contributed by atoms with E-state index in [4.69, 9.17) is 14.0 Å². The lowest BCUT2D eigenvalue weighted by Crippen LogP contribution is -2.43. The number of nitrogens with zero attached hydrogens (tertiary/aromatic N) is 2. The minimum Gasteiger partial charge on any atom is -0.465 e. The maximum Gasteiger partial charge on any atom is 0.275 e. The standard InChI is InChI=1S/C18H26N2O4/c1-13-4-5-15(23-13)11-19-8-6-14-10-16(24-17(14)12-19)18(21)20-7-2-3-9-22-20/h4-5,14,16-17H,2-3,6-12H2,1H3/t14-,16+,17-/m1/s1. The van der Waals surface area contributed by atoms with E-state index >= 15 is 0 Å². The van der Waals surface area contributed by atoms with Crippen molar-refractivity contribution >= 4 is 5.91 Å². The van der Waals surface area contributed by atoms with Crippen LogP contribution in [-0.2, 0) is 20.9 Å². The van der Waals surface area contributed by atoms with Crippen LogP contribution in [0.2, 0.25) is 0 Å². The Morgan fingerprint density at radius 2 is 2.21 bits per heavy atom. The van der Waals surface area contributed by atoms with Crippen molar-refractivity contribution in [1.29, 1.82) is 0 Å². The van der Waals surface area contributed by atoms with E-state index in [0.29, 0.717) is 19.1 Å². The zero-order chi connectivity index (χ0) is 16.5. The minimum absolute atomic E-state index is 0.0114. The number of hydrogen-bond acceptors (Lipinski definition) is 5. The van der Waals surface area contributed by atoms with Crippen LogP contribution < -0.4 is 0 Å². The van der Waals surface area contributed by atoms with Gasteiger partial charge in [-0.2, -0.15) is 0 Å². The Kier molecular flexibility index (Phi) is 4.61. The Morgan fingerprint density at radius 1 is 1.29 bits per heavy atom. The highest BCUT2D eigenvalue weighted by Crippen LogP contribution is 2.34. The van der Waals surface area contributed by atoms with Crippen LogP contribution in [0.5, 0.6) is 0 Å². The molecule has 6 heteroatoms. The Balaban J connectivity index is 1.32. The molecule has 0 N–H and O–H groups in total. The Hall–Kier alpha value is -1.37. The average Bonchev–Trinajstić information content (AvgIpc) is 3.20. The van der Waals surface area contributed by atoms with Gasteiger partial charge in [0, 0.05) is 13.1 Å². The smallest absolute Gasteiger partial charge is 0.275 e. The molecule has 0 spiro atoms. The molecule has 3 aliphatic heterocycles. The highest BCUT2D eigenvalue weighted by molar-refractivity contribution is 5.80. The number of ether oxygens (including phenoxy) is 1. The minimum atomic E-state index is -0.330. The third-order valence-electron chi connectivity index (χ3n) is 5.34. The molecule has 1 aromatic rings. The third-order valence-corrected chi connectivity index (χ3v) is 5.34. The van der Waals surface area contributed by atoms with Gasteiger partial charge in [-0.3, -0.25) is 14.5 Å². The van der Waals surface area contributed by atoms with Crippen molar-refractivity contribution in [2.24, 2.45) is 5.92 Å². The first-order chi connectivity index (χ1) is 11.7. The number of aryl methyl sites for hydroxylation is 1. The number of carbonyl (C=O) groups is 1. The first kappa shape index (κ1) is 16.1. The summed E-state index contributed by atoms with van der Waals surface area (Å²) in [6.07, 6.45) is 3.77. The molecule has 3 aliphatic rings. The summed E-state index contributed by atoms with van der Waals surface area (Å²) in [5, 5.41) is 1.52. The molecule has 0 aromatic carbocycles. The van der Waals surface area contributed by atoms with Crippen molar-refractivity contribution < 1.29 is 18.8 Å². The number of likely N-dealkylation sites (tertiary alicyclic amines) is 1. The molecule has 0 saturated carbocycles. The summed E-state index contributed by atoms with van der Waals surface area (Å²) in [7, 11) is 0. The number of hydroxylamine groups is 2. The van der Waals surface area contributed by atoms with E-state index in [1.807, 2.05) is 19.1 Å². The third kappa shape index (κ3) is 3.36. The molecule has 1 amide bonds. The van der Waals surface area contributed by atoms with Crippen molar-refractivity contribution in [1.82, 2.24) is 9.96 Å². The second-order valence-electron chi connectivity index (χ2n) is 7.18. The first-order valence-electron chi connectivity index (χ1n) is 9.06. The van der Waals surface area contributed by atoms with Gasteiger partial charge in [0.15, 0.2) is 0 Å². The molecule has 0 aliphatic carbocycles. The average molecular weight is 334 g/mol. The van der Waals surface area contributed by atoms with Crippen LogP contribution in [0.15, 0.2) is 16.5 Å². The van der Waals surface area contributed by atoms with Gasteiger partial charge in [0.25, 0.3) is 5.91 Å². The lowest BCUT2D eigenvalue weighted by molar-refractivity contribution is -0.206. The van der Waals surface area contributed by atoms with E-state index < -0.39 is 0 Å². The lowest BCUT2D eigenvalue weighted by Gasteiger charge is -2.33. The van der Waals surface area contributed by atoms with Gasteiger partial charge in [0.2, 0.25) is 0 Å². The molecule has 0 radical (unpaired) electrons. The largest absolute Gasteiger partial charge is 0.465 e. The van der Waals surface area contributed by atoms with Crippen molar-refractivity contribution in [3.63, 3.8) is 0 Å².